The predicted octanol–water partition coefficient (Wildman–Crippen LogP) is 6.25. The Morgan fingerprint density at radius 3 is 2.21 bits per heavy atom. The van der Waals surface area contributed by atoms with E-state index >= 15 is 0 Å². The van der Waals surface area contributed by atoms with Gasteiger partial charge in [-0.2, -0.15) is 26.3 Å². The number of alkyl halides is 6. The number of halogens is 6. The quantitative estimate of drug-likeness (QED) is 0.258. The van der Waals surface area contributed by atoms with E-state index in [1.165, 1.54) is 17.8 Å². The molecular weight excluding hydrogens is 512 g/mol. The van der Waals surface area contributed by atoms with Crippen LogP contribution in [0.4, 0.5) is 26.3 Å². The monoisotopic (exact) mass is 529 g/mol. The Bertz CT molecular complexity index is 1630. The van der Waals surface area contributed by atoms with Crippen molar-refractivity contribution >= 4 is 22.5 Å². The van der Waals surface area contributed by atoms with Crippen LogP contribution in [0, 0.1) is 0 Å². The summed E-state index contributed by atoms with van der Waals surface area (Å²) in [6.07, 6.45) is -7.13. The summed E-state index contributed by atoms with van der Waals surface area (Å²) in [6.45, 7) is -0.519. The lowest BCUT2D eigenvalue weighted by atomic mass is 9.98. The van der Waals surface area contributed by atoms with Crippen molar-refractivity contribution in [2.75, 3.05) is 7.05 Å². The number of carbonyl (C=O) groups excluding carboxylic acids is 1. The van der Waals surface area contributed by atoms with E-state index in [9.17, 15) is 31.1 Å². The Hall–Kier alpha value is -4.48. The average molecular weight is 529 g/mol. The van der Waals surface area contributed by atoms with E-state index in [-0.39, 0.29) is 23.0 Å². The normalized spacial score (nSPS) is 12.3. The number of aromatic nitrogens is 4. The van der Waals surface area contributed by atoms with E-state index in [0.717, 1.165) is 4.90 Å². The molecule has 0 spiro atoms. The number of carbonyl (C=O) groups is 1. The highest BCUT2D eigenvalue weighted by Gasteiger charge is 2.37. The summed E-state index contributed by atoms with van der Waals surface area (Å²) in [5, 5.41) is 8.56. The second-order valence-corrected chi connectivity index (χ2v) is 8.59. The largest absolute Gasteiger partial charge is 0.416 e. The van der Waals surface area contributed by atoms with Crippen LogP contribution in [0.3, 0.4) is 0 Å². The number of amides is 1. The van der Waals surface area contributed by atoms with Crippen molar-refractivity contribution in [3.8, 4) is 11.1 Å². The van der Waals surface area contributed by atoms with E-state index in [1.54, 1.807) is 48.7 Å². The summed E-state index contributed by atoms with van der Waals surface area (Å²) in [5.41, 5.74) is -1.29. The number of hydrogen-bond donors (Lipinski definition) is 0. The SMILES string of the molecule is CN(Cc1cc(C(F)(F)F)cc(C(F)(F)F)c1)C(=O)c1c(-c2ccccc2)c2cccnc2c2nncn12. The lowest BCUT2D eigenvalue weighted by molar-refractivity contribution is -0.143. The van der Waals surface area contributed by atoms with Crippen molar-refractivity contribution in [2.45, 2.75) is 18.9 Å². The molecule has 0 aliphatic heterocycles. The van der Waals surface area contributed by atoms with Crippen LogP contribution in [0.5, 0.6) is 0 Å². The maximum Gasteiger partial charge on any atom is 0.416 e. The molecule has 2 aromatic carbocycles. The van der Waals surface area contributed by atoms with Gasteiger partial charge in [0.1, 0.15) is 17.5 Å². The molecule has 0 bridgehead atoms. The molecule has 0 aliphatic carbocycles. The van der Waals surface area contributed by atoms with Crippen LogP contribution in [0.25, 0.3) is 27.7 Å². The van der Waals surface area contributed by atoms with Crippen molar-refractivity contribution in [1.82, 2.24) is 24.5 Å². The van der Waals surface area contributed by atoms with Crippen molar-refractivity contribution < 1.29 is 31.1 Å². The van der Waals surface area contributed by atoms with Crippen molar-refractivity contribution in [2.24, 2.45) is 0 Å². The van der Waals surface area contributed by atoms with Gasteiger partial charge in [-0.1, -0.05) is 36.4 Å². The van der Waals surface area contributed by atoms with Crippen molar-refractivity contribution in [1.29, 1.82) is 0 Å². The van der Waals surface area contributed by atoms with Crippen LogP contribution in [0.2, 0.25) is 0 Å². The van der Waals surface area contributed by atoms with E-state index < -0.39 is 35.9 Å². The molecule has 3 heterocycles. The molecule has 0 unspecified atom stereocenters. The standard InChI is InChI=1S/C26H17F6N5O/c1-36(13-15-10-17(25(27,28)29)12-18(11-15)26(30,31)32)24(38)22-20(16-6-3-2-4-7-16)19-8-5-9-33-21(19)23-35-34-14-37(22)23/h2-12,14H,13H2,1H3. The van der Waals surface area contributed by atoms with Gasteiger partial charge in [0.15, 0.2) is 5.65 Å². The van der Waals surface area contributed by atoms with Gasteiger partial charge in [-0.3, -0.25) is 14.2 Å². The second-order valence-electron chi connectivity index (χ2n) is 8.59. The molecule has 12 heteroatoms. The predicted molar refractivity (Wildman–Crippen MR) is 126 cm³/mol. The summed E-state index contributed by atoms with van der Waals surface area (Å²) in [4.78, 5) is 19.3. The fourth-order valence-corrected chi connectivity index (χ4v) is 4.34. The van der Waals surface area contributed by atoms with Crippen LogP contribution >= 0.6 is 0 Å². The number of fused-ring (bicyclic) bond motifs is 3. The topological polar surface area (TPSA) is 63.4 Å². The highest BCUT2D eigenvalue weighted by Crippen LogP contribution is 2.37. The zero-order chi connectivity index (χ0) is 27.2. The summed E-state index contributed by atoms with van der Waals surface area (Å²) < 4.78 is 81.5. The lowest BCUT2D eigenvalue weighted by Gasteiger charge is -2.22. The van der Waals surface area contributed by atoms with Gasteiger partial charge in [-0.25, -0.2) is 0 Å². The first-order valence-electron chi connectivity index (χ1n) is 11.1. The summed E-state index contributed by atoms with van der Waals surface area (Å²) >= 11 is 0. The Kier molecular flexibility index (Phi) is 6.04. The third kappa shape index (κ3) is 4.53. The van der Waals surface area contributed by atoms with Crippen LogP contribution < -0.4 is 0 Å². The molecule has 0 saturated carbocycles. The molecule has 3 aromatic heterocycles. The second kappa shape index (κ2) is 9.12. The van der Waals surface area contributed by atoms with E-state index in [2.05, 4.69) is 15.2 Å². The van der Waals surface area contributed by atoms with Gasteiger partial charge >= 0.3 is 12.4 Å². The summed E-state index contributed by atoms with van der Waals surface area (Å²) in [6, 6.07) is 13.6. The highest BCUT2D eigenvalue weighted by molar-refractivity contribution is 6.11. The Balaban J connectivity index is 1.66. The fourth-order valence-electron chi connectivity index (χ4n) is 4.34. The Morgan fingerprint density at radius 2 is 1.58 bits per heavy atom. The maximum absolute atomic E-state index is 13.8. The average Bonchev–Trinajstić information content (AvgIpc) is 3.37. The zero-order valence-corrected chi connectivity index (χ0v) is 19.5. The van der Waals surface area contributed by atoms with Crippen molar-refractivity contribution in [3.63, 3.8) is 0 Å². The number of nitrogens with zero attached hydrogens (tertiary/aromatic N) is 5. The maximum atomic E-state index is 13.8. The fraction of sp³-hybridized carbons (Fsp3) is 0.154. The first-order valence-corrected chi connectivity index (χ1v) is 11.1. The van der Waals surface area contributed by atoms with Gasteiger partial charge in [-0.15, -0.1) is 10.2 Å². The minimum atomic E-state index is -5.00. The number of hydrogen-bond acceptors (Lipinski definition) is 4. The first kappa shape index (κ1) is 25.2. The minimum absolute atomic E-state index is 0.0514. The molecule has 1 amide bonds. The van der Waals surface area contributed by atoms with Gasteiger partial charge in [-0.05, 0) is 35.4 Å². The van der Waals surface area contributed by atoms with Gasteiger partial charge in [0.05, 0.1) is 11.1 Å². The summed E-state index contributed by atoms with van der Waals surface area (Å²) in [5.74, 6) is -0.662. The molecule has 5 rings (SSSR count). The Labute approximate surface area is 211 Å². The van der Waals surface area contributed by atoms with Gasteiger partial charge in [0, 0.05) is 30.7 Å². The molecule has 0 aliphatic rings. The van der Waals surface area contributed by atoms with Gasteiger partial charge < -0.3 is 4.90 Å². The molecule has 5 aromatic rings. The summed E-state index contributed by atoms with van der Waals surface area (Å²) in [7, 11) is 1.30. The van der Waals surface area contributed by atoms with Crippen molar-refractivity contribution in [3.05, 3.63) is 95.6 Å². The minimum Gasteiger partial charge on any atom is -0.336 e. The molecule has 0 N–H and O–H groups in total. The highest BCUT2D eigenvalue weighted by atomic mass is 19.4. The molecule has 6 nitrogen and oxygen atoms in total. The first-order chi connectivity index (χ1) is 17.9. The van der Waals surface area contributed by atoms with Crippen LogP contribution in [-0.4, -0.2) is 37.4 Å². The lowest BCUT2D eigenvalue weighted by Crippen LogP contribution is -2.29. The smallest absolute Gasteiger partial charge is 0.336 e. The molecule has 38 heavy (non-hydrogen) atoms. The molecule has 0 radical (unpaired) electrons. The molecular formula is C26H17F6N5O. The van der Waals surface area contributed by atoms with E-state index in [0.29, 0.717) is 34.2 Å². The van der Waals surface area contributed by atoms with Crippen LogP contribution in [-0.2, 0) is 18.9 Å². The third-order valence-corrected chi connectivity index (χ3v) is 5.99. The van der Waals surface area contributed by atoms with Crippen LogP contribution in [0.1, 0.15) is 27.2 Å². The molecule has 0 atom stereocenters. The molecule has 0 fully saturated rings. The van der Waals surface area contributed by atoms with E-state index in [1.807, 2.05) is 0 Å². The Morgan fingerprint density at radius 1 is 0.921 bits per heavy atom. The third-order valence-electron chi connectivity index (χ3n) is 5.99. The van der Waals surface area contributed by atoms with Gasteiger partial charge in [0.25, 0.3) is 5.91 Å². The van der Waals surface area contributed by atoms with Crippen LogP contribution in [0.15, 0.2) is 73.2 Å². The number of pyridine rings is 2. The zero-order valence-electron chi connectivity index (χ0n) is 19.5. The molecule has 0 saturated heterocycles. The molecule has 194 valence electrons. The number of rotatable bonds is 4. The number of benzene rings is 2. The van der Waals surface area contributed by atoms with Gasteiger partial charge in [0.2, 0.25) is 0 Å². The van der Waals surface area contributed by atoms with E-state index in [4.69, 9.17) is 0 Å².